The summed E-state index contributed by atoms with van der Waals surface area (Å²) in [5.41, 5.74) is 2.76. The molecule has 2 aromatic rings. The number of esters is 1. The van der Waals surface area contributed by atoms with E-state index in [-0.39, 0.29) is 6.61 Å². The number of alkyl carbamates (subject to hydrolysis) is 1. The number of nitrogens with one attached hydrogen (secondary N) is 1. The molecular formula is C17H17NO5S. The van der Waals surface area contributed by atoms with Gasteiger partial charge in [-0.25, -0.2) is 9.59 Å². The van der Waals surface area contributed by atoms with Crippen LogP contribution in [-0.4, -0.2) is 31.2 Å². The quantitative estimate of drug-likeness (QED) is 0.840. The minimum Gasteiger partial charge on any atom is -0.451 e. The molecule has 126 valence electrons. The zero-order chi connectivity index (χ0) is 17.5. The van der Waals surface area contributed by atoms with Crippen molar-refractivity contribution >= 4 is 29.3 Å². The van der Waals surface area contributed by atoms with E-state index >= 15 is 0 Å². The number of benzene rings is 1. The van der Waals surface area contributed by atoms with E-state index in [1.54, 1.807) is 12.3 Å². The first-order chi connectivity index (χ1) is 11.5. The summed E-state index contributed by atoms with van der Waals surface area (Å²) >= 11 is 1.23. The van der Waals surface area contributed by atoms with Crippen molar-refractivity contribution in [2.45, 2.75) is 13.8 Å². The molecule has 0 saturated carbocycles. The summed E-state index contributed by atoms with van der Waals surface area (Å²) in [5.74, 6) is -1.35. The Balaban J connectivity index is 1.99. The number of hydrogen-bond acceptors (Lipinski definition) is 6. The van der Waals surface area contributed by atoms with E-state index in [1.807, 2.05) is 42.6 Å². The smallest absolute Gasteiger partial charge is 0.413 e. The average Bonchev–Trinajstić information content (AvgIpc) is 3.03. The summed E-state index contributed by atoms with van der Waals surface area (Å²) < 4.78 is 9.53. The fourth-order valence-corrected chi connectivity index (χ4v) is 2.75. The molecule has 0 bridgehead atoms. The van der Waals surface area contributed by atoms with Crippen LogP contribution in [0.3, 0.4) is 0 Å². The highest BCUT2D eigenvalue weighted by molar-refractivity contribution is 7.12. The minimum absolute atomic E-state index is 0.147. The van der Waals surface area contributed by atoms with Crippen LogP contribution in [0.2, 0.25) is 0 Å². The third-order valence-corrected chi connectivity index (χ3v) is 3.96. The van der Waals surface area contributed by atoms with Gasteiger partial charge in [0.25, 0.3) is 5.91 Å². The molecular weight excluding hydrogens is 330 g/mol. The number of imide groups is 1. The maximum Gasteiger partial charge on any atom is 0.413 e. The minimum atomic E-state index is -0.866. The number of amides is 2. The van der Waals surface area contributed by atoms with E-state index in [0.717, 1.165) is 16.7 Å². The topological polar surface area (TPSA) is 81.7 Å². The predicted octanol–water partition coefficient (Wildman–Crippen LogP) is 3.15. The van der Waals surface area contributed by atoms with Crippen molar-refractivity contribution in [2.24, 2.45) is 0 Å². The van der Waals surface area contributed by atoms with Crippen molar-refractivity contribution in [3.8, 4) is 11.1 Å². The Labute approximate surface area is 143 Å². The van der Waals surface area contributed by atoms with Crippen LogP contribution in [0.25, 0.3) is 11.1 Å². The Morgan fingerprint density at radius 1 is 1.08 bits per heavy atom. The third-order valence-electron chi connectivity index (χ3n) is 3.06. The lowest BCUT2D eigenvalue weighted by atomic mass is 10.1. The maximum atomic E-state index is 12.2. The normalized spacial score (nSPS) is 10.1. The summed E-state index contributed by atoms with van der Waals surface area (Å²) in [6.45, 7) is 3.19. The Morgan fingerprint density at radius 2 is 1.79 bits per heavy atom. The summed E-state index contributed by atoms with van der Waals surface area (Å²) in [4.78, 5) is 35.2. The summed E-state index contributed by atoms with van der Waals surface area (Å²) in [6.07, 6.45) is -0.866. The van der Waals surface area contributed by atoms with Gasteiger partial charge in [0.05, 0.1) is 6.61 Å². The van der Waals surface area contributed by atoms with Gasteiger partial charge in [-0.3, -0.25) is 10.1 Å². The second kappa shape index (κ2) is 8.26. The van der Waals surface area contributed by atoms with Crippen molar-refractivity contribution in [3.05, 3.63) is 46.2 Å². The van der Waals surface area contributed by atoms with Gasteiger partial charge in [0.2, 0.25) is 0 Å². The molecule has 1 aromatic carbocycles. The van der Waals surface area contributed by atoms with E-state index in [2.05, 4.69) is 4.74 Å². The number of carbonyl (C=O) groups excluding carboxylic acids is 3. The van der Waals surface area contributed by atoms with Gasteiger partial charge in [-0.15, -0.1) is 11.3 Å². The molecule has 1 N–H and O–H groups in total. The average molecular weight is 347 g/mol. The summed E-state index contributed by atoms with van der Waals surface area (Å²) in [5, 5.41) is 3.74. The van der Waals surface area contributed by atoms with Gasteiger partial charge >= 0.3 is 12.1 Å². The maximum absolute atomic E-state index is 12.2. The summed E-state index contributed by atoms with van der Waals surface area (Å²) in [7, 11) is 0. The predicted molar refractivity (Wildman–Crippen MR) is 89.9 cm³/mol. The lowest BCUT2D eigenvalue weighted by molar-refractivity contribution is -0.123. The van der Waals surface area contributed by atoms with Crippen molar-refractivity contribution in [1.29, 1.82) is 0 Å². The first kappa shape index (κ1) is 17.7. The lowest BCUT2D eigenvalue weighted by Crippen LogP contribution is -2.34. The van der Waals surface area contributed by atoms with Gasteiger partial charge in [-0.05, 0) is 30.9 Å². The highest BCUT2D eigenvalue weighted by Gasteiger charge is 2.18. The third kappa shape index (κ3) is 4.66. The molecule has 0 radical (unpaired) electrons. The Hall–Kier alpha value is -2.67. The first-order valence-corrected chi connectivity index (χ1v) is 8.17. The van der Waals surface area contributed by atoms with Gasteiger partial charge in [-0.1, -0.05) is 29.8 Å². The number of thiophene rings is 1. The Kier molecular flexibility index (Phi) is 6.08. The fraction of sp³-hybridized carbons (Fsp3) is 0.235. The molecule has 24 heavy (non-hydrogen) atoms. The van der Waals surface area contributed by atoms with Crippen LogP contribution in [0.15, 0.2) is 35.7 Å². The van der Waals surface area contributed by atoms with E-state index in [4.69, 9.17) is 4.74 Å². The highest BCUT2D eigenvalue weighted by Crippen LogP contribution is 2.29. The fourth-order valence-electron chi connectivity index (χ4n) is 1.94. The molecule has 0 atom stereocenters. The van der Waals surface area contributed by atoms with E-state index in [1.165, 1.54) is 11.3 Å². The molecule has 2 rings (SSSR count). The van der Waals surface area contributed by atoms with Gasteiger partial charge in [0.15, 0.2) is 6.61 Å². The second-order valence-corrected chi connectivity index (χ2v) is 5.79. The van der Waals surface area contributed by atoms with E-state index in [0.29, 0.717) is 4.88 Å². The van der Waals surface area contributed by atoms with Gasteiger partial charge in [0.1, 0.15) is 4.88 Å². The van der Waals surface area contributed by atoms with Crippen LogP contribution in [0.4, 0.5) is 4.79 Å². The zero-order valence-electron chi connectivity index (χ0n) is 13.3. The molecule has 2 amide bonds. The van der Waals surface area contributed by atoms with Crippen LogP contribution in [0, 0.1) is 6.92 Å². The van der Waals surface area contributed by atoms with Crippen molar-refractivity contribution in [3.63, 3.8) is 0 Å². The number of aryl methyl sites for hydroxylation is 1. The van der Waals surface area contributed by atoms with Gasteiger partial charge in [0, 0.05) is 5.56 Å². The number of ether oxygens (including phenoxy) is 2. The molecule has 0 aliphatic rings. The Bertz CT molecular complexity index is 736. The van der Waals surface area contributed by atoms with Crippen LogP contribution in [0.5, 0.6) is 0 Å². The van der Waals surface area contributed by atoms with Crippen LogP contribution in [0.1, 0.15) is 22.2 Å². The van der Waals surface area contributed by atoms with Crippen molar-refractivity contribution in [1.82, 2.24) is 5.32 Å². The van der Waals surface area contributed by atoms with Crippen molar-refractivity contribution in [2.75, 3.05) is 13.2 Å². The molecule has 0 fully saturated rings. The van der Waals surface area contributed by atoms with Gasteiger partial charge in [-0.2, -0.15) is 0 Å². The number of hydrogen-bond donors (Lipinski definition) is 1. The van der Waals surface area contributed by atoms with Gasteiger partial charge < -0.3 is 9.47 Å². The first-order valence-electron chi connectivity index (χ1n) is 7.29. The molecule has 6 nitrogen and oxygen atoms in total. The van der Waals surface area contributed by atoms with E-state index < -0.39 is 24.6 Å². The molecule has 7 heteroatoms. The van der Waals surface area contributed by atoms with Crippen LogP contribution >= 0.6 is 11.3 Å². The molecule has 0 unspecified atom stereocenters. The molecule has 0 aliphatic carbocycles. The SMILES string of the molecule is CCOC(=O)NC(=O)COC(=O)c1sccc1-c1ccc(C)cc1. The monoisotopic (exact) mass is 347 g/mol. The van der Waals surface area contributed by atoms with Crippen molar-refractivity contribution < 1.29 is 23.9 Å². The number of carbonyl (C=O) groups is 3. The summed E-state index contributed by atoms with van der Waals surface area (Å²) in [6, 6.07) is 9.57. The standard InChI is InChI=1S/C17H17NO5S/c1-3-22-17(21)18-14(19)10-23-16(20)15-13(8-9-24-15)12-6-4-11(2)5-7-12/h4-9H,3,10H2,1-2H3,(H,18,19,21). The molecule has 1 heterocycles. The van der Waals surface area contributed by atoms with Crippen LogP contribution in [-0.2, 0) is 14.3 Å². The lowest BCUT2D eigenvalue weighted by Gasteiger charge is -2.07. The Morgan fingerprint density at radius 3 is 2.46 bits per heavy atom. The second-order valence-electron chi connectivity index (χ2n) is 4.87. The molecule has 1 aromatic heterocycles. The molecule has 0 aliphatic heterocycles. The number of rotatable bonds is 5. The van der Waals surface area contributed by atoms with Crippen LogP contribution < -0.4 is 5.32 Å². The molecule has 0 spiro atoms. The van der Waals surface area contributed by atoms with E-state index in [9.17, 15) is 14.4 Å². The zero-order valence-corrected chi connectivity index (χ0v) is 14.1. The molecule has 0 saturated heterocycles. The largest absolute Gasteiger partial charge is 0.451 e. The highest BCUT2D eigenvalue weighted by atomic mass is 32.1.